The average molecular weight is 328 g/mol. The van der Waals surface area contributed by atoms with Crippen molar-refractivity contribution in [1.82, 2.24) is 15.2 Å². The fraction of sp³-hybridized carbons (Fsp3) is 0.438. The molecule has 1 unspecified atom stereocenters. The second-order valence-electron chi connectivity index (χ2n) is 6.04. The number of pyridine rings is 1. The average Bonchev–Trinajstić information content (AvgIpc) is 3.03. The first-order chi connectivity index (χ1) is 11.6. The molecule has 1 fully saturated rings. The standard InChI is InChI=1S/C16H20N6O2/c1-12-9-14(22(23)24)10-17-16(12)20(2)11-13-5-4-8-21(13)15-6-3-7-18-19-15/h3,6-7,9-10,13H,4-5,8,11H2,1-2H3. The Morgan fingerprint density at radius 1 is 1.50 bits per heavy atom. The van der Waals surface area contributed by atoms with Crippen LogP contribution in [-0.2, 0) is 0 Å². The van der Waals surface area contributed by atoms with Gasteiger partial charge in [0, 0.05) is 38.4 Å². The quantitative estimate of drug-likeness (QED) is 0.614. The minimum absolute atomic E-state index is 0.0201. The van der Waals surface area contributed by atoms with Gasteiger partial charge in [0.1, 0.15) is 12.0 Å². The van der Waals surface area contributed by atoms with Gasteiger partial charge in [-0.2, -0.15) is 5.10 Å². The summed E-state index contributed by atoms with van der Waals surface area (Å²) >= 11 is 0. The Morgan fingerprint density at radius 3 is 3.00 bits per heavy atom. The molecule has 3 heterocycles. The number of hydrogen-bond donors (Lipinski definition) is 0. The predicted octanol–water partition coefficient (Wildman–Crippen LogP) is 2.19. The van der Waals surface area contributed by atoms with Crippen LogP contribution in [-0.4, -0.2) is 46.3 Å². The van der Waals surface area contributed by atoms with Gasteiger partial charge in [-0.3, -0.25) is 10.1 Å². The lowest BCUT2D eigenvalue weighted by molar-refractivity contribution is -0.385. The van der Waals surface area contributed by atoms with Crippen molar-refractivity contribution >= 4 is 17.3 Å². The number of nitro groups is 1. The van der Waals surface area contributed by atoms with Crippen LogP contribution in [0.5, 0.6) is 0 Å². The van der Waals surface area contributed by atoms with Gasteiger partial charge in [0.25, 0.3) is 5.69 Å². The molecular formula is C16H20N6O2. The summed E-state index contributed by atoms with van der Waals surface area (Å²) in [6.45, 7) is 3.59. The van der Waals surface area contributed by atoms with Gasteiger partial charge < -0.3 is 9.80 Å². The van der Waals surface area contributed by atoms with E-state index in [1.807, 2.05) is 26.1 Å². The lowest BCUT2D eigenvalue weighted by Crippen LogP contribution is -2.40. The molecule has 8 nitrogen and oxygen atoms in total. The van der Waals surface area contributed by atoms with Crippen LogP contribution in [0.2, 0.25) is 0 Å². The van der Waals surface area contributed by atoms with Crippen molar-refractivity contribution in [3.05, 3.63) is 46.3 Å². The molecule has 1 atom stereocenters. The van der Waals surface area contributed by atoms with Crippen LogP contribution in [0.1, 0.15) is 18.4 Å². The van der Waals surface area contributed by atoms with Gasteiger partial charge in [0.2, 0.25) is 0 Å². The first-order valence-electron chi connectivity index (χ1n) is 7.93. The van der Waals surface area contributed by atoms with Crippen molar-refractivity contribution in [2.45, 2.75) is 25.8 Å². The Balaban J connectivity index is 1.74. The molecule has 2 aromatic heterocycles. The highest BCUT2D eigenvalue weighted by Crippen LogP contribution is 2.26. The van der Waals surface area contributed by atoms with E-state index in [4.69, 9.17) is 0 Å². The maximum absolute atomic E-state index is 10.8. The Morgan fingerprint density at radius 2 is 2.33 bits per heavy atom. The van der Waals surface area contributed by atoms with Crippen LogP contribution >= 0.6 is 0 Å². The second-order valence-corrected chi connectivity index (χ2v) is 6.04. The predicted molar refractivity (Wildman–Crippen MR) is 91.3 cm³/mol. The number of nitrogens with zero attached hydrogens (tertiary/aromatic N) is 6. The zero-order valence-electron chi connectivity index (χ0n) is 13.8. The summed E-state index contributed by atoms with van der Waals surface area (Å²) in [6, 6.07) is 5.75. The largest absolute Gasteiger partial charge is 0.357 e. The first kappa shape index (κ1) is 16.1. The number of hydrogen-bond acceptors (Lipinski definition) is 7. The molecule has 1 aliphatic rings. The van der Waals surface area contributed by atoms with E-state index in [1.54, 1.807) is 12.3 Å². The van der Waals surface area contributed by atoms with E-state index in [2.05, 4.69) is 25.0 Å². The van der Waals surface area contributed by atoms with Crippen LogP contribution in [0.15, 0.2) is 30.6 Å². The Hall–Kier alpha value is -2.77. The molecule has 0 amide bonds. The molecule has 0 radical (unpaired) electrons. The molecule has 0 saturated carbocycles. The van der Waals surface area contributed by atoms with Gasteiger partial charge >= 0.3 is 0 Å². The van der Waals surface area contributed by atoms with Crippen molar-refractivity contribution in [3.8, 4) is 0 Å². The second kappa shape index (κ2) is 6.77. The van der Waals surface area contributed by atoms with Crippen LogP contribution in [0, 0.1) is 17.0 Å². The summed E-state index contributed by atoms with van der Waals surface area (Å²) in [4.78, 5) is 19.0. The smallest absolute Gasteiger partial charge is 0.287 e. The van der Waals surface area contributed by atoms with E-state index in [9.17, 15) is 10.1 Å². The Labute approximate surface area is 140 Å². The molecule has 1 aliphatic heterocycles. The summed E-state index contributed by atoms with van der Waals surface area (Å²) in [5.41, 5.74) is 0.822. The van der Waals surface area contributed by atoms with Crippen molar-refractivity contribution in [2.75, 3.05) is 29.9 Å². The van der Waals surface area contributed by atoms with E-state index >= 15 is 0 Å². The topological polar surface area (TPSA) is 88.3 Å². The molecule has 8 heteroatoms. The van der Waals surface area contributed by atoms with E-state index in [1.165, 1.54) is 6.20 Å². The number of aromatic nitrogens is 3. The van der Waals surface area contributed by atoms with Crippen molar-refractivity contribution in [2.24, 2.45) is 0 Å². The van der Waals surface area contributed by atoms with Crippen LogP contribution in [0.4, 0.5) is 17.3 Å². The lowest BCUT2D eigenvalue weighted by Gasteiger charge is -2.30. The van der Waals surface area contributed by atoms with Crippen molar-refractivity contribution in [3.63, 3.8) is 0 Å². The summed E-state index contributed by atoms with van der Waals surface area (Å²) in [6.07, 6.45) is 5.17. The van der Waals surface area contributed by atoms with Gasteiger partial charge in [-0.25, -0.2) is 4.98 Å². The van der Waals surface area contributed by atoms with Crippen molar-refractivity contribution < 1.29 is 4.92 Å². The fourth-order valence-corrected chi connectivity index (χ4v) is 3.23. The minimum atomic E-state index is -0.420. The monoisotopic (exact) mass is 328 g/mol. The molecule has 0 N–H and O–H groups in total. The number of aryl methyl sites for hydroxylation is 1. The molecule has 0 spiro atoms. The summed E-state index contributed by atoms with van der Waals surface area (Å²) < 4.78 is 0. The molecule has 0 aliphatic carbocycles. The van der Waals surface area contributed by atoms with E-state index in [0.29, 0.717) is 6.04 Å². The SMILES string of the molecule is Cc1cc([N+](=O)[O-])cnc1N(C)CC1CCCN1c1cccnn1. The van der Waals surface area contributed by atoms with E-state index in [0.717, 1.165) is 43.1 Å². The number of rotatable bonds is 5. The minimum Gasteiger partial charge on any atom is -0.357 e. The van der Waals surface area contributed by atoms with Gasteiger partial charge in [-0.1, -0.05) is 0 Å². The molecule has 126 valence electrons. The zero-order valence-corrected chi connectivity index (χ0v) is 13.8. The maximum Gasteiger partial charge on any atom is 0.287 e. The van der Waals surface area contributed by atoms with Crippen molar-refractivity contribution in [1.29, 1.82) is 0 Å². The molecule has 24 heavy (non-hydrogen) atoms. The highest BCUT2D eigenvalue weighted by molar-refractivity contribution is 5.51. The fourth-order valence-electron chi connectivity index (χ4n) is 3.23. The van der Waals surface area contributed by atoms with E-state index < -0.39 is 4.92 Å². The normalized spacial score (nSPS) is 17.1. The van der Waals surface area contributed by atoms with Gasteiger partial charge in [-0.15, -0.1) is 5.10 Å². The molecule has 0 bridgehead atoms. The Bertz CT molecular complexity index is 724. The third-order valence-electron chi connectivity index (χ3n) is 4.32. The van der Waals surface area contributed by atoms with E-state index in [-0.39, 0.29) is 5.69 Å². The van der Waals surface area contributed by atoms with Gasteiger partial charge in [0.05, 0.1) is 4.92 Å². The summed E-state index contributed by atoms with van der Waals surface area (Å²) in [5.74, 6) is 1.66. The lowest BCUT2D eigenvalue weighted by atomic mass is 10.2. The molecule has 2 aromatic rings. The van der Waals surface area contributed by atoms with Crippen LogP contribution in [0.3, 0.4) is 0 Å². The summed E-state index contributed by atoms with van der Waals surface area (Å²) in [7, 11) is 1.97. The molecule has 1 saturated heterocycles. The van der Waals surface area contributed by atoms with Gasteiger partial charge in [0.15, 0.2) is 5.82 Å². The molecule has 3 rings (SSSR count). The van der Waals surface area contributed by atoms with Gasteiger partial charge in [-0.05, 0) is 37.5 Å². The molecule has 0 aromatic carbocycles. The van der Waals surface area contributed by atoms with Crippen LogP contribution < -0.4 is 9.80 Å². The summed E-state index contributed by atoms with van der Waals surface area (Å²) in [5, 5.41) is 19.0. The highest BCUT2D eigenvalue weighted by atomic mass is 16.6. The number of likely N-dealkylation sites (N-methyl/N-ethyl adjacent to an activating group) is 1. The third kappa shape index (κ3) is 3.27. The third-order valence-corrected chi connectivity index (χ3v) is 4.32. The number of anilines is 2. The Kier molecular flexibility index (Phi) is 4.54. The maximum atomic E-state index is 10.8. The van der Waals surface area contributed by atoms with Crippen LogP contribution in [0.25, 0.3) is 0 Å². The zero-order chi connectivity index (χ0) is 17.1. The highest BCUT2D eigenvalue weighted by Gasteiger charge is 2.27. The first-order valence-corrected chi connectivity index (χ1v) is 7.93. The molecular weight excluding hydrogens is 308 g/mol.